The summed E-state index contributed by atoms with van der Waals surface area (Å²) in [5.41, 5.74) is 1.13. The number of nitrogens with zero attached hydrogens (tertiary/aromatic N) is 1. The summed E-state index contributed by atoms with van der Waals surface area (Å²) in [7, 11) is -2.58. The highest BCUT2D eigenvalue weighted by Crippen LogP contribution is 2.27. The monoisotopic (exact) mass is 315 g/mol. The van der Waals surface area contributed by atoms with Crippen LogP contribution in [0.2, 0.25) is 0 Å². The lowest BCUT2D eigenvalue weighted by molar-refractivity contribution is 0.0602. The van der Waals surface area contributed by atoms with E-state index in [9.17, 15) is 13.2 Å². The van der Waals surface area contributed by atoms with Crippen molar-refractivity contribution in [2.24, 2.45) is 0 Å². The molecule has 0 saturated heterocycles. The molecule has 0 unspecified atom stereocenters. The largest absolute Gasteiger partial charge is 0.465 e. The van der Waals surface area contributed by atoms with Crippen LogP contribution in [0.15, 0.2) is 22.8 Å². The first kappa shape index (κ1) is 14.7. The van der Waals surface area contributed by atoms with Crippen LogP contribution >= 0.6 is 11.3 Å². The zero-order chi connectivity index (χ0) is 14.8. The number of esters is 1. The summed E-state index contributed by atoms with van der Waals surface area (Å²) in [5, 5.41) is 1.61. The molecule has 7 nitrogen and oxygen atoms in total. The Morgan fingerprint density at radius 1 is 1.55 bits per heavy atom. The van der Waals surface area contributed by atoms with Crippen LogP contribution in [0.1, 0.15) is 20.9 Å². The van der Waals surface area contributed by atoms with Gasteiger partial charge in [-0.1, -0.05) is 0 Å². The van der Waals surface area contributed by atoms with Gasteiger partial charge in [0.1, 0.15) is 9.77 Å². The minimum absolute atomic E-state index is 0.0335. The average Bonchev–Trinajstić information content (AvgIpc) is 3.04. The molecule has 0 aliphatic carbocycles. The predicted octanol–water partition coefficient (Wildman–Crippen LogP) is 1.04. The number of imidazole rings is 1. The molecule has 2 aromatic heterocycles. The molecule has 2 aromatic rings. The maximum atomic E-state index is 12.3. The van der Waals surface area contributed by atoms with Gasteiger partial charge in [-0.2, -0.15) is 0 Å². The lowest BCUT2D eigenvalue weighted by atomic mass is 10.3. The van der Waals surface area contributed by atoms with Gasteiger partial charge in [-0.25, -0.2) is 22.9 Å². The molecule has 0 saturated carbocycles. The predicted molar refractivity (Wildman–Crippen MR) is 73.0 cm³/mol. The molecule has 0 radical (unpaired) electrons. The second-order valence-corrected chi connectivity index (χ2v) is 6.55. The van der Waals surface area contributed by atoms with Gasteiger partial charge in [0.05, 0.1) is 20.0 Å². The lowest BCUT2D eigenvalue weighted by Gasteiger charge is -2.07. The minimum atomic E-state index is -3.80. The van der Waals surface area contributed by atoms with Crippen molar-refractivity contribution >= 4 is 27.3 Å². The fraction of sp³-hybridized carbons (Fsp3) is 0.273. The first-order valence-electron chi connectivity index (χ1n) is 5.59. The molecule has 2 N–H and O–H groups in total. The van der Waals surface area contributed by atoms with E-state index >= 15 is 0 Å². The van der Waals surface area contributed by atoms with Gasteiger partial charge in [0.15, 0.2) is 0 Å². The highest BCUT2D eigenvalue weighted by atomic mass is 32.2. The number of thiophene rings is 1. The second kappa shape index (κ2) is 5.73. The fourth-order valence-electron chi connectivity index (χ4n) is 1.63. The van der Waals surface area contributed by atoms with Crippen LogP contribution in [0, 0.1) is 6.92 Å². The molecule has 0 spiro atoms. The molecular weight excluding hydrogens is 302 g/mol. The second-order valence-electron chi connectivity index (χ2n) is 3.97. The minimum Gasteiger partial charge on any atom is -0.465 e. The molecule has 0 bridgehead atoms. The smallest absolute Gasteiger partial charge is 0.349 e. The molecule has 0 atom stereocenters. The van der Waals surface area contributed by atoms with E-state index in [1.807, 2.05) is 0 Å². The van der Waals surface area contributed by atoms with Gasteiger partial charge in [0, 0.05) is 11.9 Å². The standard InChI is InChI=1S/C11H13N3O4S2/c1-7-5-19-9(11(15)18-2)10(7)20(16,17)14-4-8-3-12-6-13-8/h3,5-6,14H,4H2,1-2H3,(H,12,13). The van der Waals surface area contributed by atoms with Gasteiger partial charge in [-0.05, 0) is 17.9 Å². The van der Waals surface area contributed by atoms with Crippen molar-refractivity contribution in [1.82, 2.24) is 14.7 Å². The maximum absolute atomic E-state index is 12.3. The third-order valence-corrected chi connectivity index (χ3v) is 5.36. The van der Waals surface area contributed by atoms with Gasteiger partial charge in [-0.15, -0.1) is 11.3 Å². The number of carbonyl (C=O) groups excluding carboxylic acids is 1. The van der Waals surface area contributed by atoms with Gasteiger partial charge in [0.2, 0.25) is 10.0 Å². The van der Waals surface area contributed by atoms with Crippen LogP contribution in [0.3, 0.4) is 0 Å². The number of aromatic amines is 1. The first-order valence-corrected chi connectivity index (χ1v) is 7.95. The Morgan fingerprint density at radius 3 is 2.90 bits per heavy atom. The number of sulfonamides is 1. The maximum Gasteiger partial charge on any atom is 0.349 e. The van der Waals surface area contributed by atoms with Gasteiger partial charge < -0.3 is 9.72 Å². The number of carbonyl (C=O) groups is 1. The SMILES string of the molecule is COC(=O)c1scc(C)c1S(=O)(=O)NCc1cnc[nH]1. The third-order valence-electron chi connectivity index (χ3n) is 2.56. The summed E-state index contributed by atoms with van der Waals surface area (Å²) in [5.74, 6) is -0.662. The molecule has 0 fully saturated rings. The number of hydrogen-bond donors (Lipinski definition) is 2. The van der Waals surface area contributed by atoms with Crippen molar-refractivity contribution in [3.05, 3.63) is 34.0 Å². The van der Waals surface area contributed by atoms with Crippen LogP contribution < -0.4 is 4.72 Å². The number of H-pyrrole nitrogens is 1. The normalized spacial score (nSPS) is 11.5. The Hall–Kier alpha value is -1.71. The van der Waals surface area contributed by atoms with E-state index in [1.54, 1.807) is 12.3 Å². The summed E-state index contributed by atoms with van der Waals surface area (Å²) >= 11 is 1.05. The lowest BCUT2D eigenvalue weighted by Crippen LogP contribution is -2.25. The van der Waals surface area contributed by atoms with Gasteiger partial charge in [-0.3, -0.25) is 0 Å². The van der Waals surface area contributed by atoms with E-state index in [0.29, 0.717) is 11.3 Å². The highest BCUT2D eigenvalue weighted by molar-refractivity contribution is 7.89. The van der Waals surface area contributed by atoms with Crippen LogP contribution in [0.5, 0.6) is 0 Å². The van der Waals surface area contributed by atoms with Crippen LogP contribution in [-0.4, -0.2) is 31.5 Å². The molecule has 108 valence electrons. The Morgan fingerprint density at radius 2 is 2.30 bits per heavy atom. The van der Waals surface area contributed by atoms with Crippen LogP contribution in [0.4, 0.5) is 0 Å². The zero-order valence-corrected chi connectivity index (χ0v) is 12.5. The molecule has 2 heterocycles. The summed E-state index contributed by atoms with van der Waals surface area (Å²) in [6.07, 6.45) is 2.98. The van der Waals surface area contributed by atoms with E-state index in [-0.39, 0.29) is 16.3 Å². The molecule has 0 aliphatic rings. The van der Waals surface area contributed by atoms with Crippen molar-refractivity contribution in [3.8, 4) is 0 Å². The quantitative estimate of drug-likeness (QED) is 0.803. The first-order chi connectivity index (χ1) is 9.45. The topological polar surface area (TPSA) is 101 Å². The van der Waals surface area contributed by atoms with Gasteiger partial charge >= 0.3 is 5.97 Å². The van der Waals surface area contributed by atoms with E-state index in [2.05, 4.69) is 19.4 Å². The van der Waals surface area contributed by atoms with Crippen molar-refractivity contribution in [3.63, 3.8) is 0 Å². The van der Waals surface area contributed by atoms with E-state index < -0.39 is 16.0 Å². The van der Waals surface area contributed by atoms with E-state index in [4.69, 9.17) is 0 Å². The molecule has 2 rings (SSSR count). The molecule has 0 aromatic carbocycles. The number of ether oxygens (including phenoxy) is 1. The summed E-state index contributed by atoms with van der Waals surface area (Å²) < 4.78 is 31.6. The Labute approximate surface area is 120 Å². The van der Waals surface area contributed by atoms with Gasteiger partial charge in [0.25, 0.3) is 0 Å². The van der Waals surface area contributed by atoms with Crippen LogP contribution in [0.25, 0.3) is 0 Å². The summed E-state index contributed by atoms with van der Waals surface area (Å²) in [6.45, 7) is 1.70. The van der Waals surface area contributed by atoms with Crippen molar-refractivity contribution in [1.29, 1.82) is 0 Å². The van der Waals surface area contributed by atoms with Crippen LogP contribution in [-0.2, 0) is 21.3 Å². The summed E-state index contributed by atoms with van der Waals surface area (Å²) in [6, 6.07) is 0. The molecule has 0 aliphatic heterocycles. The van der Waals surface area contributed by atoms with E-state index in [1.165, 1.54) is 19.6 Å². The highest BCUT2D eigenvalue weighted by Gasteiger charge is 2.27. The van der Waals surface area contributed by atoms with Crippen molar-refractivity contribution < 1.29 is 17.9 Å². The fourth-order valence-corrected chi connectivity index (χ4v) is 4.34. The van der Waals surface area contributed by atoms with Crippen molar-refractivity contribution in [2.45, 2.75) is 18.4 Å². The molecule has 0 amide bonds. The Balaban J connectivity index is 2.29. The Kier molecular flexibility index (Phi) is 4.21. The van der Waals surface area contributed by atoms with E-state index in [0.717, 1.165) is 11.3 Å². The number of methoxy groups -OCH3 is 1. The average molecular weight is 315 g/mol. The number of nitrogens with one attached hydrogen (secondary N) is 2. The van der Waals surface area contributed by atoms with Crippen molar-refractivity contribution in [2.75, 3.05) is 7.11 Å². The summed E-state index contributed by atoms with van der Waals surface area (Å²) in [4.78, 5) is 18.2. The number of hydrogen-bond acceptors (Lipinski definition) is 6. The molecule has 9 heteroatoms. The Bertz CT molecular complexity index is 704. The third kappa shape index (κ3) is 2.89. The number of rotatable bonds is 5. The molecule has 20 heavy (non-hydrogen) atoms. The number of aromatic nitrogens is 2. The zero-order valence-electron chi connectivity index (χ0n) is 10.8. The molecular formula is C11H13N3O4S2. The number of aryl methyl sites for hydroxylation is 1.